The lowest BCUT2D eigenvalue weighted by molar-refractivity contribution is -0.0733. The van der Waals surface area contributed by atoms with Crippen LogP contribution >= 0.6 is 23.5 Å². The average Bonchev–Trinajstić information content (AvgIpc) is 3.18. The number of nitrogens with zero attached hydrogens (tertiary/aromatic N) is 3. The van der Waals surface area contributed by atoms with Crippen molar-refractivity contribution in [1.29, 1.82) is 0 Å². The lowest BCUT2D eigenvalue weighted by Crippen LogP contribution is -2.54. The number of fused-ring (bicyclic) bond motifs is 1. The molecule has 0 aromatic carbocycles. The molecule has 0 aliphatic carbocycles. The second kappa shape index (κ2) is 9.71. The molecule has 0 bridgehead atoms. The molecule has 2 aromatic rings. The zero-order valence-electron chi connectivity index (χ0n) is 18.2. The summed E-state index contributed by atoms with van der Waals surface area (Å²) in [5.41, 5.74) is 9.04. The van der Waals surface area contributed by atoms with E-state index >= 15 is 0 Å². The summed E-state index contributed by atoms with van der Waals surface area (Å²) in [5.74, 6) is 4.81. The number of phosphoric acid groups is 3. The van der Waals surface area contributed by atoms with Crippen molar-refractivity contribution in [3.05, 3.63) is 16.7 Å². The molecule has 1 aliphatic heterocycles. The number of phosphoric ester groups is 1. The number of aromatic nitrogens is 4. The first-order chi connectivity index (χ1) is 16.4. The van der Waals surface area contributed by atoms with Gasteiger partial charge in [-0.05, 0) is 13.8 Å². The van der Waals surface area contributed by atoms with Gasteiger partial charge in [-0.3, -0.25) is 18.9 Å². The summed E-state index contributed by atoms with van der Waals surface area (Å²) in [6.07, 6.45) is -5.27. The topological polar surface area (TPSA) is 305 Å². The van der Waals surface area contributed by atoms with Gasteiger partial charge in [0.15, 0.2) is 22.9 Å². The van der Waals surface area contributed by atoms with Gasteiger partial charge in [0.05, 0.1) is 12.4 Å². The van der Waals surface area contributed by atoms with Crippen LogP contribution in [0.1, 0.15) is 20.1 Å². The Bertz CT molecular complexity index is 1430. The Morgan fingerprint density at radius 1 is 1.25 bits per heavy atom. The first-order valence-electron chi connectivity index (χ1n) is 9.50. The van der Waals surface area contributed by atoms with Gasteiger partial charge in [-0.25, -0.2) is 18.7 Å². The van der Waals surface area contributed by atoms with E-state index in [1.165, 1.54) is 6.92 Å². The average molecular weight is 574 g/mol. The van der Waals surface area contributed by atoms with Crippen LogP contribution in [-0.4, -0.2) is 68.1 Å². The summed E-state index contributed by atoms with van der Waals surface area (Å²) in [6, 6.07) is 0. The maximum absolute atomic E-state index is 12.2. The highest BCUT2D eigenvalue weighted by Crippen LogP contribution is 2.66. The molecular weight excluding hydrogens is 553 g/mol. The molecule has 0 saturated carbocycles. The van der Waals surface area contributed by atoms with E-state index in [4.69, 9.17) is 30.5 Å². The Balaban J connectivity index is 1.92. The van der Waals surface area contributed by atoms with Crippen LogP contribution in [0.3, 0.4) is 0 Å². The van der Waals surface area contributed by atoms with Crippen molar-refractivity contribution in [2.45, 2.75) is 43.9 Å². The van der Waals surface area contributed by atoms with Gasteiger partial charge in [0, 0.05) is 0 Å². The molecular formula is C14H21N6O13P3. The quantitative estimate of drug-likeness (QED) is 0.130. The molecule has 200 valence electrons. The highest BCUT2D eigenvalue weighted by Gasteiger charge is 2.57. The third-order valence-electron chi connectivity index (χ3n) is 4.72. The number of ether oxygens (including phenoxy) is 1. The molecule has 7 atom stereocenters. The van der Waals surface area contributed by atoms with E-state index in [2.05, 4.69) is 35.4 Å². The van der Waals surface area contributed by atoms with Crippen molar-refractivity contribution in [2.24, 2.45) is 5.73 Å². The van der Waals surface area contributed by atoms with E-state index in [1.807, 2.05) is 0 Å². The Morgan fingerprint density at radius 3 is 2.47 bits per heavy atom. The second-order valence-electron chi connectivity index (χ2n) is 7.38. The number of aliphatic hydroxyl groups excluding tert-OH is 1. The summed E-state index contributed by atoms with van der Waals surface area (Å²) in [5, 5.41) is 10.9. The highest BCUT2D eigenvalue weighted by molar-refractivity contribution is 7.66. The van der Waals surface area contributed by atoms with E-state index in [9.17, 15) is 33.4 Å². The van der Waals surface area contributed by atoms with Gasteiger partial charge in [-0.1, -0.05) is 5.92 Å². The monoisotopic (exact) mass is 574 g/mol. The molecule has 1 saturated heterocycles. The minimum atomic E-state index is -5.78. The van der Waals surface area contributed by atoms with E-state index < -0.39 is 59.1 Å². The minimum Gasteiger partial charge on any atom is -0.387 e. The molecule has 0 spiro atoms. The van der Waals surface area contributed by atoms with Gasteiger partial charge in [-0.2, -0.15) is 13.6 Å². The van der Waals surface area contributed by atoms with Gasteiger partial charge in [-0.15, -0.1) is 5.92 Å². The molecule has 22 heteroatoms. The van der Waals surface area contributed by atoms with E-state index in [0.29, 0.717) is 0 Å². The molecule has 3 heterocycles. The van der Waals surface area contributed by atoms with Crippen LogP contribution in [0.5, 0.6) is 0 Å². The Kier molecular flexibility index (Phi) is 7.70. The summed E-state index contributed by atoms with van der Waals surface area (Å²) in [4.78, 5) is 58.6. The van der Waals surface area contributed by atoms with Crippen LogP contribution in [-0.2, 0) is 31.6 Å². The van der Waals surface area contributed by atoms with Crippen molar-refractivity contribution < 1.29 is 56.3 Å². The predicted octanol–water partition coefficient (Wildman–Crippen LogP) is -1.59. The summed E-state index contributed by atoms with van der Waals surface area (Å²) < 4.78 is 53.5. The molecule has 3 rings (SSSR count). The van der Waals surface area contributed by atoms with E-state index in [1.54, 1.807) is 0 Å². The number of aliphatic hydroxyl groups is 1. The normalized spacial score (nSPS) is 28.7. The van der Waals surface area contributed by atoms with Crippen LogP contribution in [0.4, 0.5) is 5.95 Å². The zero-order valence-corrected chi connectivity index (χ0v) is 20.9. The number of hydrogen-bond donors (Lipinski definition) is 8. The van der Waals surface area contributed by atoms with E-state index in [0.717, 1.165) is 17.8 Å². The fraction of sp³-hybridized carbons (Fsp3) is 0.500. The van der Waals surface area contributed by atoms with Crippen LogP contribution in [0.15, 0.2) is 11.1 Å². The van der Waals surface area contributed by atoms with Crippen molar-refractivity contribution >= 4 is 40.6 Å². The Labute approximate surface area is 200 Å². The smallest absolute Gasteiger partial charge is 0.387 e. The van der Waals surface area contributed by atoms with Crippen molar-refractivity contribution in [3.63, 3.8) is 0 Å². The van der Waals surface area contributed by atoms with Crippen LogP contribution in [0, 0.1) is 11.8 Å². The van der Waals surface area contributed by atoms with Crippen molar-refractivity contribution in [1.82, 2.24) is 19.5 Å². The van der Waals surface area contributed by atoms with Crippen molar-refractivity contribution in [2.75, 3.05) is 5.73 Å². The molecule has 0 radical (unpaired) electrons. The maximum atomic E-state index is 12.2. The van der Waals surface area contributed by atoms with Gasteiger partial charge in [0.25, 0.3) is 5.56 Å². The number of aromatic amines is 1. The third-order valence-corrected chi connectivity index (χ3v) is 8.64. The standard InChI is InChI=1S/C14H21N6O13P3/c1-3-4-14(16)9(21)8(6(2)31-35(26,27)33-36(28,29)32-34(23,24)25)30-12(14)20-5-17-7-10(20)18-13(15)19-11(7)22/h5-6,8-9,12,21H,16H2,1-2H3,(H,26,27)(H,28,29)(H2,23,24,25)(H3,15,18,19,22)/t6-,8-,9+,12-,14?/m1/s1. The van der Waals surface area contributed by atoms with Gasteiger partial charge >= 0.3 is 23.5 Å². The van der Waals surface area contributed by atoms with Crippen LogP contribution in [0.2, 0.25) is 0 Å². The summed E-state index contributed by atoms with van der Waals surface area (Å²) in [7, 11) is -16.9. The number of rotatable bonds is 8. The number of nitrogen functional groups attached to an aromatic ring is 1. The number of H-pyrrole nitrogens is 1. The van der Waals surface area contributed by atoms with E-state index in [-0.39, 0.29) is 17.1 Å². The molecule has 1 fully saturated rings. The fourth-order valence-corrected chi connectivity index (χ4v) is 6.65. The van der Waals surface area contributed by atoms with Gasteiger partial charge in [0.1, 0.15) is 12.2 Å². The molecule has 0 amide bonds. The number of nitrogens with one attached hydrogen (secondary N) is 1. The van der Waals surface area contributed by atoms with Gasteiger partial charge in [0.2, 0.25) is 5.95 Å². The molecule has 1 aliphatic rings. The lowest BCUT2D eigenvalue weighted by atomic mass is 9.90. The number of nitrogens with two attached hydrogens (primary N) is 2. The molecule has 19 nitrogen and oxygen atoms in total. The maximum Gasteiger partial charge on any atom is 0.490 e. The molecule has 3 unspecified atom stereocenters. The predicted molar refractivity (Wildman–Crippen MR) is 117 cm³/mol. The van der Waals surface area contributed by atoms with Crippen LogP contribution < -0.4 is 17.0 Å². The molecule has 36 heavy (non-hydrogen) atoms. The number of anilines is 1. The zero-order chi connectivity index (χ0) is 27.3. The number of hydrogen-bond acceptors (Lipinski definition) is 13. The summed E-state index contributed by atoms with van der Waals surface area (Å²) >= 11 is 0. The first kappa shape index (κ1) is 28.6. The first-order valence-corrected chi connectivity index (χ1v) is 14.0. The second-order valence-corrected chi connectivity index (χ2v) is 11.8. The Morgan fingerprint density at radius 2 is 1.89 bits per heavy atom. The summed E-state index contributed by atoms with van der Waals surface area (Å²) in [6.45, 7) is 2.48. The third kappa shape index (κ3) is 5.93. The Hall–Kier alpha value is -2.00. The van der Waals surface area contributed by atoms with Crippen molar-refractivity contribution in [3.8, 4) is 11.8 Å². The fourth-order valence-electron chi connectivity index (χ4n) is 3.45. The van der Waals surface area contributed by atoms with Gasteiger partial charge < -0.3 is 40.9 Å². The molecule has 2 aromatic heterocycles. The largest absolute Gasteiger partial charge is 0.490 e. The molecule has 10 N–H and O–H groups in total. The number of imidazole rings is 1. The SMILES string of the molecule is CC#CC1(N)[C@@H](O)[C@@H]([C@@H](C)OP(=O)(O)OP(=O)(O)OP(=O)(O)O)O[C@H]1n1cnc2c(=O)[nH]c(N)nc21. The lowest BCUT2D eigenvalue weighted by Gasteiger charge is -2.28. The highest BCUT2D eigenvalue weighted by atomic mass is 31.3. The van der Waals surface area contributed by atoms with Crippen LogP contribution in [0.25, 0.3) is 11.2 Å². The minimum absolute atomic E-state index is 0.0950.